The summed E-state index contributed by atoms with van der Waals surface area (Å²) in [5.74, 6) is 0. The van der Waals surface area contributed by atoms with Gasteiger partial charge in [-0.2, -0.15) is 16.8 Å². The number of hydrogen-bond acceptors (Lipinski definition) is 5. The quantitative estimate of drug-likeness (QED) is 0.463. The van der Waals surface area contributed by atoms with Crippen LogP contribution < -0.4 is 0 Å². The Morgan fingerprint density at radius 3 is 2.05 bits per heavy atom. The van der Waals surface area contributed by atoms with Gasteiger partial charge in [0.05, 0.1) is 16.7 Å². The minimum absolute atomic E-state index is 0. The van der Waals surface area contributed by atoms with E-state index >= 15 is 0 Å². The Morgan fingerprint density at radius 1 is 1.00 bits per heavy atom. The molecule has 2 aromatic rings. The van der Waals surface area contributed by atoms with E-state index in [9.17, 15) is 16.8 Å². The number of nitrogens with one attached hydrogen (secondary N) is 1. The fourth-order valence-corrected chi connectivity index (χ4v) is 2.63. The van der Waals surface area contributed by atoms with Crippen molar-refractivity contribution in [1.82, 2.24) is 9.97 Å². The summed E-state index contributed by atoms with van der Waals surface area (Å²) in [4.78, 5) is 4.78. The van der Waals surface area contributed by atoms with E-state index in [4.69, 9.17) is 9.11 Å². The molecule has 1 heterocycles. The van der Waals surface area contributed by atoms with Gasteiger partial charge >= 0.3 is 59.1 Å². The van der Waals surface area contributed by atoms with Crippen LogP contribution >= 0.6 is 0 Å². The molecular weight excluding hydrogens is 318 g/mol. The first-order chi connectivity index (χ1) is 7.69. The second-order valence-corrected chi connectivity index (χ2v) is 5.98. The Bertz CT molecular complexity index is 798. The van der Waals surface area contributed by atoms with Crippen molar-refractivity contribution in [1.29, 1.82) is 0 Å². The third-order valence-electron chi connectivity index (χ3n) is 2.04. The maximum atomic E-state index is 11.0. The van der Waals surface area contributed by atoms with Gasteiger partial charge in [0.15, 0.2) is 0 Å². The van der Waals surface area contributed by atoms with Crippen molar-refractivity contribution in [2.45, 2.75) is 9.79 Å². The SMILES string of the molecule is O=S(=O)(O)c1cc(S(=O)(=O)O)c2nc[nH]c2c1.[NaH].[NaH]. The number of imidazole rings is 1. The number of benzene rings is 1. The molecule has 0 saturated carbocycles. The van der Waals surface area contributed by atoms with Crippen LogP contribution in [0.4, 0.5) is 0 Å². The average molecular weight is 326 g/mol. The molecule has 0 fully saturated rings. The molecule has 0 radical (unpaired) electrons. The molecule has 2 rings (SSSR count). The van der Waals surface area contributed by atoms with E-state index in [0.29, 0.717) is 6.07 Å². The average Bonchev–Trinajstić information content (AvgIpc) is 2.59. The van der Waals surface area contributed by atoms with E-state index in [1.165, 1.54) is 0 Å². The van der Waals surface area contributed by atoms with Gasteiger partial charge < -0.3 is 4.98 Å². The normalized spacial score (nSPS) is 11.7. The zero-order chi connectivity index (χ0) is 12.8. The second kappa shape index (κ2) is 6.52. The molecule has 3 N–H and O–H groups in total. The van der Waals surface area contributed by atoms with Gasteiger partial charge in [-0.05, 0) is 12.1 Å². The molecule has 0 aliphatic carbocycles. The van der Waals surface area contributed by atoms with Crippen LogP contribution in [0.25, 0.3) is 11.0 Å². The van der Waals surface area contributed by atoms with Gasteiger partial charge in [0.1, 0.15) is 10.4 Å². The summed E-state index contributed by atoms with van der Waals surface area (Å²) in [6, 6.07) is 1.64. The molecule has 1 aromatic heterocycles. The first-order valence-electron chi connectivity index (χ1n) is 4.12. The van der Waals surface area contributed by atoms with Crippen molar-refractivity contribution < 1.29 is 25.9 Å². The molecule has 0 bridgehead atoms. The van der Waals surface area contributed by atoms with Crippen LogP contribution in [0.1, 0.15) is 0 Å². The van der Waals surface area contributed by atoms with E-state index < -0.39 is 30.0 Å². The molecular formula is C7H8N2Na2O6S2. The van der Waals surface area contributed by atoms with E-state index in [2.05, 4.69) is 9.97 Å². The third kappa shape index (κ3) is 4.24. The Morgan fingerprint density at radius 2 is 1.58 bits per heavy atom. The van der Waals surface area contributed by atoms with Crippen LogP contribution in [-0.4, -0.2) is 95.0 Å². The molecule has 0 aliphatic heterocycles. The molecule has 19 heavy (non-hydrogen) atoms. The summed E-state index contributed by atoms with van der Waals surface area (Å²) in [6.07, 6.45) is 1.13. The summed E-state index contributed by atoms with van der Waals surface area (Å²) in [5, 5.41) is 0. The Labute approximate surface area is 153 Å². The zero-order valence-corrected chi connectivity index (χ0v) is 9.66. The Kier molecular flexibility index (Phi) is 6.69. The van der Waals surface area contributed by atoms with Crippen molar-refractivity contribution in [2.24, 2.45) is 0 Å². The first kappa shape index (κ1) is 19.5. The monoisotopic (exact) mass is 326 g/mol. The molecule has 1 aromatic carbocycles. The van der Waals surface area contributed by atoms with Gasteiger partial charge in [-0.1, -0.05) is 0 Å². The van der Waals surface area contributed by atoms with E-state index in [0.717, 1.165) is 12.4 Å². The van der Waals surface area contributed by atoms with Crippen molar-refractivity contribution in [2.75, 3.05) is 0 Å². The van der Waals surface area contributed by atoms with Crippen molar-refractivity contribution in [3.05, 3.63) is 18.5 Å². The second-order valence-electron chi connectivity index (χ2n) is 3.17. The minimum atomic E-state index is -4.64. The maximum absolute atomic E-state index is 11.0. The van der Waals surface area contributed by atoms with Crippen molar-refractivity contribution in [3.8, 4) is 0 Å². The summed E-state index contributed by atoms with van der Waals surface area (Å²) >= 11 is 0. The van der Waals surface area contributed by atoms with E-state index in [1.54, 1.807) is 0 Å². The predicted molar refractivity (Wildman–Crippen MR) is 70.0 cm³/mol. The van der Waals surface area contributed by atoms with Crippen LogP contribution in [0.5, 0.6) is 0 Å². The third-order valence-corrected chi connectivity index (χ3v) is 3.74. The fraction of sp³-hybridized carbons (Fsp3) is 0. The first-order valence-corrected chi connectivity index (χ1v) is 7.00. The molecule has 0 saturated heterocycles. The van der Waals surface area contributed by atoms with Gasteiger partial charge in [0, 0.05) is 0 Å². The van der Waals surface area contributed by atoms with Gasteiger partial charge in [0.25, 0.3) is 20.2 Å². The number of H-pyrrole nitrogens is 1. The number of rotatable bonds is 2. The Balaban J connectivity index is 0.00000162. The van der Waals surface area contributed by atoms with Crippen LogP contribution in [0.3, 0.4) is 0 Å². The molecule has 96 valence electrons. The van der Waals surface area contributed by atoms with Crippen LogP contribution in [0.15, 0.2) is 28.3 Å². The Hall–Kier alpha value is 0.510. The zero-order valence-electron chi connectivity index (χ0n) is 8.02. The number of nitrogens with zero attached hydrogens (tertiary/aromatic N) is 1. The standard InChI is InChI=1S/C7H6N2O6S2.2Na.2H/c10-16(11,12)4-1-5-7(9-3-8-5)6(2-4)17(13,14)15;;;;/h1-3H,(H,8,9)(H,10,11,12)(H,13,14,15);;;;. The number of aromatic amines is 1. The molecule has 0 spiro atoms. The summed E-state index contributed by atoms with van der Waals surface area (Å²) in [7, 11) is -9.22. The molecule has 12 heteroatoms. The number of aromatic nitrogens is 2. The van der Waals surface area contributed by atoms with Crippen LogP contribution in [0.2, 0.25) is 0 Å². The van der Waals surface area contributed by atoms with Gasteiger partial charge in [-0.15, -0.1) is 0 Å². The molecule has 0 atom stereocenters. The van der Waals surface area contributed by atoms with Crippen LogP contribution in [0, 0.1) is 0 Å². The predicted octanol–water partition coefficient (Wildman–Crippen LogP) is -1.24. The van der Waals surface area contributed by atoms with Gasteiger partial charge in [-0.3, -0.25) is 9.11 Å². The molecule has 0 amide bonds. The molecule has 8 nitrogen and oxygen atoms in total. The van der Waals surface area contributed by atoms with Gasteiger partial charge in [0.2, 0.25) is 0 Å². The van der Waals surface area contributed by atoms with Gasteiger partial charge in [-0.25, -0.2) is 4.98 Å². The number of fused-ring (bicyclic) bond motifs is 1. The van der Waals surface area contributed by atoms with Crippen LogP contribution in [-0.2, 0) is 20.2 Å². The number of hydrogen-bond donors (Lipinski definition) is 3. The van der Waals surface area contributed by atoms with Crippen molar-refractivity contribution >= 4 is 90.4 Å². The summed E-state index contributed by atoms with van der Waals surface area (Å²) in [5.41, 5.74) is -0.0485. The fourth-order valence-electron chi connectivity index (χ4n) is 1.34. The molecule has 0 aliphatic rings. The summed E-state index contributed by atoms with van der Waals surface area (Å²) in [6.45, 7) is 0. The summed E-state index contributed by atoms with van der Waals surface area (Å²) < 4.78 is 61.7. The molecule has 0 unspecified atom stereocenters. The topological polar surface area (TPSA) is 137 Å². The van der Waals surface area contributed by atoms with E-state index in [-0.39, 0.29) is 70.1 Å². The van der Waals surface area contributed by atoms with Crippen molar-refractivity contribution in [3.63, 3.8) is 0 Å². The van der Waals surface area contributed by atoms with E-state index in [1.807, 2.05) is 0 Å².